The molecule has 3 nitrogen and oxygen atoms in total. The molecule has 0 unspecified atom stereocenters. The lowest BCUT2D eigenvalue weighted by molar-refractivity contribution is 0.278. The molecule has 3 N–H and O–H groups in total. The Morgan fingerprint density at radius 1 is 0.706 bits per heavy atom. The Bertz CT molecular complexity index is 568. The van der Waals surface area contributed by atoms with E-state index in [1.165, 1.54) is 20.2 Å². The molecule has 0 aliphatic rings. The molecule has 0 aliphatic carbocycles. The van der Waals surface area contributed by atoms with Gasteiger partial charge in [-0.2, -0.15) is 0 Å². The van der Waals surface area contributed by atoms with Gasteiger partial charge in [-0.3, -0.25) is 0 Å². The summed E-state index contributed by atoms with van der Waals surface area (Å²) in [7, 11) is -2.17. The van der Waals surface area contributed by atoms with E-state index in [4.69, 9.17) is 15.1 Å². The van der Waals surface area contributed by atoms with Crippen LogP contribution in [0.15, 0.2) is 48.5 Å². The minimum Gasteiger partial charge on any atom is -0.402 e. The molecule has 2 aromatic carbocycles. The summed E-state index contributed by atoms with van der Waals surface area (Å²) in [4.78, 5) is 0. The third-order valence-electron chi connectivity index (χ3n) is 2.28. The molecule has 0 bridgehead atoms. The summed E-state index contributed by atoms with van der Waals surface area (Å²) in [5.41, 5.74) is 0. The van der Waals surface area contributed by atoms with Crippen LogP contribution in [-0.2, 0) is 0 Å². The molecule has 17 heavy (non-hydrogen) atoms. The molecular formula is C12H11BO3S. The largest absolute Gasteiger partial charge is 0.631 e. The van der Waals surface area contributed by atoms with Crippen molar-refractivity contribution < 1.29 is 15.1 Å². The van der Waals surface area contributed by atoms with Gasteiger partial charge in [0.1, 0.15) is 0 Å². The summed E-state index contributed by atoms with van der Waals surface area (Å²) in [6.45, 7) is 0. The molecule has 0 atom stereocenters. The number of thiophene rings is 1. The first kappa shape index (κ1) is 12.1. The van der Waals surface area contributed by atoms with Crippen LogP contribution in [0, 0.1) is 0 Å². The van der Waals surface area contributed by atoms with Crippen LogP contribution in [0.25, 0.3) is 20.2 Å². The molecule has 1 aromatic heterocycles. The van der Waals surface area contributed by atoms with Crippen molar-refractivity contribution in [1.82, 2.24) is 0 Å². The SMILES string of the molecule is OB(O)O.c1ccc2c(c1)sc1ccccc12. The highest BCUT2D eigenvalue weighted by Crippen LogP contribution is 2.32. The molecule has 1 heterocycles. The van der Waals surface area contributed by atoms with Gasteiger partial charge in [0.05, 0.1) is 0 Å². The number of hydrogen-bond acceptors (Lipinski definition) is 4. The van der Waals surface area contributed by atoms with Crippen LogP contribution in [0.4, 0.5) is 0 Å². The monoisotopic (exact) mass is 246 g/mol. The Kier molecular flexibility index (Phi) is 3.76. The molecule has 86 valence electrons. The molecule has 0 radical (unpaired) electrons. The molecule has 0 saturated carbocycles. The molecular weight excluding hydrogens is 235 g/mol. The first-order chi connectivity index (χ1) is 8.18. The second-order valence-corrected chi connectivity index (χ2v) is 4.52. The maximum absolute atomic E-state index is 7.17. The lowest BCUT2D eigenvalue weighted by atomic mass is 10.2. The van der Waals surface area contributed by atoms with Crippen LogP contribution in [0.2, 0.25) is 0 Å². The van der Waals surface area contributed by atoms with Gasteiger partial charge in [0.2, 0.25) is 0 Å². The van der Waals surface area contributed by atoms with Gasteiger partial charge in [-0.05, 0) is 12.1 Å². The van der Waals surface area contributed by atoms with Crippen molar-refractivity contribution in [2.45, 2.75) is 0 Å². The highest BCUT2D eigenvalue weighted by molar-refractivity contribution is 7.25. The molecule has 0 fully saturated rings. The van der Waals surface area contributed by atoms with E-state index in [9.17, 15) is 0 Å². The summed E-state index contributed by atoms with van der Waals surface area (Å²) in [6.07, 6.45) is 0. The quantitative estimate of drug-likeness (QED) is 0.531. The van der Waals surface area contributed by atoms with Crippen LogP contribution in [0.3, 0.4) is 0 Å². The van der Waals surface area contributed by atoms with Gasteiger partial charge in [0.25, 0.3) is 0 Å². The van der Waals surface area contributed by atoms with E-state index in [2.05, 4.69) is 48.5 Å². The average Bonchev–Trinajstić information content (AvgIpc) is 2.66. The fourth-order valence-corrected chi connectivity index (χ4v) is 2.78. The first-order valence-electron chi connectivity index (χ1n) is 5.09. The van der Waals surface area contributed by atoms with Crippen molar-refractivity contribution >= 4 is 38.8 Å². The Morgan fingerprint density at radius 2 is 1.06 bits per heavy atom. The third-order valence-corrected chi connectivity index (χ3v) is 3.44. The zero-order valence-corrected chi connectivity index (χ0v) is 9.76. The van der Waals surface area contributed by atoms with Crippen molar-refractivity contribution in [3.63, 3.8) is 0 Å². The van der Waals surface area contributed by atoms with Crippen LogP contribution in [0.1, 0.15) is 0 Å². The highest BCUT2D eigenvalue weighted by Gasteiger charge is 2.01. The number of benzene rings is 2. The van der Waals surface area contributed by atoms with Crippen LogP contribution in [-0.4, -0.2) is 22.4 Å². The summed E-state index contributed by atoms with van der Waals surface area (Å²) >= 11 is 1.86. The normalized spacial score (nSPS) is 10.1. The standard InChI is InChI=1S/C12H8S.BH3O3/c1-3-7-11-9(5-1)10-6-2-4-8-12(10)13-11;2-1(3)4/h1-8H;2-4H. The van der Waals surface area contributed by atoms with E-state index in [-0.39, 0.29) is 0 Å². The van der Waals surface area contributed by atoms with Gasteiger partial charge in [0, 0.05) is 20.2 Å². The molecule has 0 spiro atoms. The molecule has 3 aromatic rings. The van der Waals surface area contributed by atoms with Crippen molar-refractivity contribution in [1.29, 1.82) is 0 Å². The second-order valence-electron chi connectivity index (χ2n) is 3.44. The van der Waals surface area contributed by atoms with Crippen LogP contribution in [0.5, 0.6) is 0 Å². The smallest absolute Gasteiger partial charge is 0.402 e. The molecule has 0 amide bonds. The second kappa shape index (κ2) is 5.29. The Morgan fingerprint density at radius 3 is 1.47 bits per heavy atom. The summed E-state index contributed by atoms with van der Waals surface area (Å²) < 4.78 is 2.76. The summed E-state index contributed by atoms with van der Waals surface area (Å²) in [6, 6.07) is 17.1. The predicted molar refractivity (Wildman–Crippen MR) is 71.7 cm³/mol. The number of hydrogen-bond donors (Lipinski definition) is 3. The lowest BCUT2D eigenvalue weighted by Crippen LogP contribution is -2.07. The number of fused-ring (bicyclic) bond motifs is 3. The van der Waals surface area contributed by atoms with Crippen molar-refractivity contribution in [3.05, 3.63) is 48.5 Å². The minimum absolute atomic E-state index is 1.38. The zero-order valence-electron chi connectivity index (χ0n) is 8.95. The van der Waals surface area contributed by atoms with E-state index in [1.54, 1.807) is 0 Å². The van der Waals surface area contributed by atoms with Crippen molar-refractivity contribution in [3.8, 4) is 0 Å². The number of rotatable bonds is 0. The van der Waals surface area contributed by atoms with Crippen molar-refractivity contribution in [2.24, 2.45) is 0 Å². The maximum Gasteiger partial charge on any atom is 0.631 e. The van der Waals surface area contributed by atoms with Gasteiger partial charge in [-0.25, -0.2) is 0 Å². The average molecular weight is 246 g/mol. The predicted octanol–water partition coefficient (Wildman–Crippen LogP) is 2.00. The van der Waals surface area contributed by atoms with Crippen LogP contribution < -0.4 is 0 Å². The van der Waals surface area contributed by atoms with Crippen LogP contribution >= 0.6 is 11.3 Å². The maximum atomic E-state index is 7.17. The van der Waals surface area contributed by atoms with E-state index < -0.39 is 7.32 Å². The van der Waals surface area contributed by atoms with E-state index in [1.807, 2.05) is 11.3 Å². The Labute approximate surface area is 103 Å². The van der Waals surface area contributed by atoms with Gasteiger partial charge in [0.15, 0.2) is 0 Å². The van der Waals surface area contributed by atoms with E-state index in [0.29, 0.717) is 0 Å². The van der Waals surface area contributed by atoms with Gasteiger partial charge in [-0.1, -0.05) is 36.4 Å². The summed E-state index contributed by atoms with van der Waals surface area (Å²) in [5, 5.41) is 24.3. The summed E-state index contributed by atoms with van der Waals surface area (Å²) in [5.74, 6) is 0. The topological polar surface area (TPSA) is 60.7 Å². The van der Waals surface area contributed by atoms with E-state index in [0.717, 1.165) is 0 Å². The molecule has 0 aliphatic heterocycles. The Hall–Kier alpha value is -1.40. The minimum atomic E-state index is -2.17. The zero-order chi connectivity index (χ0) is 12.3. The van der Waals surface area contributed by atoms with Gasteiger partial charge >= 0.3 is 7.32 Å². The van der Waals surface area contributed by atoms with Gasteiger partial charge in [-0.15, -0.1) is 11.3 Å². The molecule has 5 heteroatoms. The fourth-order valence-electron chi connectivity index (χ4n) is 1.67. The first-order valence-corrected chi connectivity index (χ1v) is 5.90. The Balaban J connectivity index is 0.000000239. The highest BCUT2D eigenvalue weighted by atomic mass is 32.1. The van der Waals surface area contributed by atoms with E-state index >= 15 is 0 Å². The van der Waals surface area contributed by atoms with Gasteiger partial charge < -0.3 is 15.1 Å². The molecule has 0 saturated heterocycles. The lowest BCUT2D eigenvalue weighted by Gasteiger charge is -1.88. The fraction of sp³-hybridized carbons (Fsp3) is 0. The third kappa shape index (κ3) is 2.84. The van der Waals surface area contributed by atoms with Crippen molar-refractivity contribution in [2.75, 3.05) is 0 Å². The molecule has 3 rings (SSSR count).